The quantitative estimate of drug-likeness (QED) is 0.817. The van der Waals surface area contributed by atoms with Crippen LogP contribution in [0.3, 0.4) is 0 Å². The molecule has 0 radical (unpaired) electrons. The highest BCUT2D eigenvalue weighted by Crippen LogP contribution is 2.10. The molecule has 1 aliphatic heterocycles. The summed E-state index contributed by atoms with van der Waals surface area (Å²) in [6.07, 6.45) is 3.54. The highest BCUT2D eigenvalue weighted by atomic mass is 35.5. The first-order valence-electron chi connectivity index (χ1n) is 7.60. The largest absolute Gasteiger partial charge is 0.492 e. The molecule has 1 saturated heterocycles. The molecule has 6 heteroatoms. The molecule has 0 aliphatic carbocycles. The topological polar surface area (TPSA) is 33.5 Å². The van der Waals surface area contributed by atoms with Crippen molar-refractivity contribution >= 4 is 11.6 Å². The Balaban J connectivity index is 1.35. The fraction of sp³-hybridized carbons (Fsp3) is 0.438. The number of rotatable bonds is 6. The fourth-order valence-electron chi connectivity index (χ4n) is 2.58. The zero-order valence-electron chi connectivity index (χ0n) is 12.6. The van der Waals surface area contributed by atoms with Crippen LogP contribution in [0, 0.1) is 0 Å². The summed E-state index contributed by atoms with van der Waals surface area (Å²) in [6.45, 7) is 6.72. The van der Waals surface area contributed by atoms with E-state index in [1.165, 1.54) is 0 Å². The SMILES string of the molecule is Clc1cnn(CN2CCN(CCOc3ccccc3)CC2)c1. The molecule has 1 aromatic heterocycles. The van der Waals surface area contributed by atoms with E-state index in [0.29, 0.717) is 5.02 Å². The number of hydrogen-bond donors (Lipinski definition) is 0. The number of halogens is 1. The maximum atomic E-state index is 5.89. The summed E-state index contributed by atoms with van der Waals surface area (Å²) in [4.78, 5) is 4.83. The molecule has 0 bridgehead atoms. The number of piperazine rings is 1. The van der Waals surface area contributed by atoms with E-state index < -0.39 is 0 Å². The van der Waals surface area contributed by atoms with Crippen molar-refractivity contribution in [2.75, 3.05) is 39.3 Å². The molecule has 2 heterocycles. The van der Waals surface area contributed by atoms with Crippen LogP contribution >= 0.6 is 11.6 Å². The van der Waals surface area contributed by atoms with Crippen LogP contribution in [0.5, 0.6) is 5.75 Å². The van der Waals surface area contributed by atoms with Crippen molar-refractivity contribution in [2.24, 2.45) is 0 Å². The molecular weight excluding hydrogens is 300 g/mol. The second-order valence-electron chi connectivity index (χ2n) is 5.46. The van der Waals surface area contributed by atoms with E-state index in [2.05, 4.69) is 14.9 Å². The Morgan fingerprint density at radius 1 is 1.05 bits per heavy atom. The van der Waals surface area contributed by atoms with E-state index in [9.17, 15) is 0 Å². The number of aromatic nitrogens is 2. The van der Waals surface area contributed by atoms with Crippen molar-refractivity contribution in [3.63, 3.8) is 0 Å². The Bertz CT molecular complexity index is 567. The molecule has 118 valence electrons. The zero-order chi connectivity index (χ0) is 15.2. The highest BCUT2D eigenvalue weighted by molar-refractivity contribution is 6.30. The monoisotopic (exact) mass is 320 g/mol. The second kappa shape index (κ2) is 7.63. The molecule has 0 unspecified atom stereocenters. The summed E-state index contributed by atoms with van der Waals surface area (Å²) >= 11 is 5.89. The Morgan fingerprint density at radius 2 is 1.77 bits per heavy atom. The van der Waals surface area contributed by atoms with E-state index in [1.54, 1.807) is 6.20 Å². The van der Waals surface area contributed by atoms with Crippen molar-refractivity contribution < 1.29 is 4.74 Å². The minimum Gasteiger partial charge on any atom is -0.492 e. The Labute approximate surface area is 136 Å². The maximum absolute atomic E-state index is 5.89. The van der Waals surface area contributed by atoms with E-state index in [0.717, 1.165) is 51.7 Å². The number of nitrogens with zero attached hydrogens (tertiary/aromatic N) is 4. The van der Waals surface area contributed by atoms with Crippen LogP contribution in [-0.4, -0.2) is 58.9 Å². The van der Waals surface area contributed by atoms with E-state index in [4.69, 9.17) is 16.3 Å². The van der Waals surface area contributed by atoms with E-state index in [1.807, 2.05) is 41.2 Å². The van der Waals surface area contributed by atoms with E-state index in [-0.39, 0.29) is 0 Å². The second-order valence-corrected chi connectivity index (χ2v) is 5.90. The predicted molar refractivity (Wildman–Crippen MR) is 87.2 cm³/mol. The van der Waals surface area contributed by atoms with Crippen LogP contribution in [-0.2, 0) is 6.67 Å². The maximum Gasteiger partial charge on any atom is 0.119 e. The van der Waals surface area contributed by atoms with Crippen LogP contribution in [0.2, 0.25) is 5.02 Å². The standard InChI is InChI=1S/C16H21ClN4O/c17-15-12-18-21(13-15)14-20-8-6-19(7-9-20)10-11-22-16-4-2-1-3-5-16/h1-5,12-13H,6-11,14H2. The van der Waals surface area contributed by atoms with Gasteiger partial charge in [-0.3, -0.25) is 14.5 Å². The molecular formula is C16H21ClN4O. The smallest absolute Gasteiger partial charge is 0.119 e. The zero-order valence-corrected chi connectivity index (χ0v) is 13.3. The highest BCUT2D eigenvalue weighted by Gasteiger charge is 2.17. The van der Waals surface area contributed by atoms with Gasteiger partial charge in [0, 0.05) is 38.9 Å². The van der Waals surface area contributed by atoms with Gasteiger partial charge in [0.1, 0.15) is 12.4 Å². The third kappa shape index (κ3) is 4.47. The Hall–Kier alpha value is -1.56. The number of ether oxygens (including phenoxy) is 1. The summed E-state index contributed by atoms with van der Waals surface area (Å²) < 4.78 is 7.64. The minimum atomic E-state index is 0.691. The van der Waals surface area contributed by atoms with Crippen molar-refractivity contribution in [3.05, 3.63) is 47.7 Å². The molecule has 1 aliphatic rings. The van der Waals surface area contributed by atoms with Crippen LogP contribution in [0.15, 0.2) is 42.7 Å². The van der Waals surface area contributed by atoms with Gasteiger partial charge in [0.2, 0.25) is 0 Å². The Kier molecular flexibility index (Phi) is 5.32. The first-order valence-corrected chi connectivity index (χ1v) is 7.98. The van der Waals surface area contributed by atoms with Crippen LogP contribution < -0.4 is 4.74 Å². The molecule has 0 spiro atoms. The van der Waals surface area contributed by atoms with Gasteiger partial charge in [0.15, 0.2) is 0 Å². The first kappa shape index (κ1) is 15.3. The molecule has 5 nitrogen and oxygen atoms in total. The molecule has 1 fully saturated rings. The van der Waals surface area contributed by atoms with Gasteiger partial charge >= 0.3 is 0 Å². The van der Waals surface area contributed by atoms with Crippen LogP contribution in [0.25, 0.3) is 0 Å². The number of benzene rings is 1. The van der Waals surface area contributed by atoms with Crippen LogP contribution in [0.4, 0.5) is 0 Å². The Morgan fingerprint density at radius 3 is 2.45 bits per heavy atom. The van der Waals surface area contributed by atoms with Gasteiger partial charge in [0.25, 0.3) is 0 Å². The number of hydrogen-bond acceptors (Lipinski definition) is 4. The lowest BCUT2D eigenvalue weighted by atomic mass is 10.3. The van der Waals surface area contributed by atoms with Crippen molar-refractivity contribution in [3.8, 4) is 5.75 Å². The molecule has 1 aromatic carbocycles. The average molecular weight is 321 g/mol. The van der Waals surface area contributed by atoms with Crippen LogP contribution in [0.1, 0.15) is 0 Å². The lowest BCUT2D eigenvalue weighted by Crippen LogP contribution is -2.47. The predicted octanol–water partition coefficient (Wildman–Crippen LogP) is 2.19. The van der Waals surface area contributed by atoms with E-state index >= 15 is 0 Å². The molecule has 0 atom stereocenters. The van der Waals surface area contributed by atoms with Gasteiger partial charge in [-0.2, -0.15) is 5.10 Å². The lowest BCUT2D eigenvalue weighted by molar-refractivity contribution is 0.0927. The summed E-state index contributed by atoms with van der Waals surface area (Å²) in [6, 6.07) is 9.98. The molecule has 2 aromatic rings. The summed E-state index contributed by atoms with van der Waals surface area (Å²) in [7, 11) is 0. The molecule has 0 saturated carbocycles. The molecule has 22 heavy (non-hydrogen) atoms. The van der Waals surface area contributed by atoms with Crippen molar-refractivity contribution in [1.29, 1.82) is 0 Å². The van der Waals surface area contributed by atoms with Gasteiger partial charge in [-0.15, -0.1) is 0 Å². The minimum absolute atomic E-state index is 0.691. The average Bonchev–Trinajstić information content (AvgIpc) is 2.95. The van der Waals surface area contributed by atoms with Gasteiger partial charge in [-0.1, -0.05) is 29.8 Å². The fourth-order valence-corrected chi connectivity index (χ4v) is 2.74. The van der Waals surface area contributed by atoms with Crippen molar-refractivity contribution in [2.45, 2.75) is 6.67 Å². The van der Waals surface area contributed by atoms with Gasteiger partial charge in [0.05, 0.1) is 17.9 Å². The van der Waals surface area contributed by atoms with Gasteiger partial charge in [-0.05, 0) is 12.1 Å². The molecule has 0 N–H and O–H groups in total. The van der Waals surface area contributed by atoms with Gasteiger partial charge < -0.3 is 4.74 Å². The van der Waals surface area contributed by atoms with Gasteiger partial charge in [-0.25, -0.2) is 0 Å². The normalized spacial score (nSPS) is 16.8. The lowest BCUT2D eigenvalue weighted by Gasteiger charge is -2.34. The third-order valence-corrected chi connectivity index (χ3v) is 4.03. The molecule has 3 rings (SSSR count). The first-order chi connectivity index (χ1) is 10.8. The third-order valence-electron chi connectivity index (χ3n) is 3.83. The summed E-state index contributed by atoms with van der Waals surface area (Å²) in [5.74, 6) is 0.941. The molecule has 0 amide bonds. The summed E-state index contributed by atoms with van der Waals surface area (Å²) in [5.41, 5.74) is 0. The van der Waals surface area contributed by atoms with Crippen molar-refractivity contribution in [1.82, 2.24) is 19.6 Å². The summed E-state index contributed by atoms with van der Waals surface area (Å²) in [5, 5.41) is 4.91. The number of para-hydroxylation sites is 1.